The van der Waals surface area contributed by atoms with E-state index in [1.54, 1.807) is 6.92 Å². The lowest BCUT2D eigenvalue weighted by molar-refractivity contribution is 0.289. The van der Waals surface area contributed by atoms with E-state index in [0.29, 0.717) is 22.7 Å². The summed E-state index contributed by atoms with van der Waals surface area (Å²) in [4.78, 5) is 0.0311. The molecular weight excluding hydrogens is 264 g/mol. The van der Waals surface area contributed by atoms with Gasteiger partial charge in [-0.15, -0.1) is 0 Å². The molecule has 0 spiro atoms. The molecule has 0 aliphatic carbocycles. The molecule has 0 aliphatic rings. The average Bonchev–Trinajstić information content (AvgIpc) is 2.25. The van der Waals surface area contributed by atoms with E-state index >= 15 is 0 Å². The summed E-state index contributed by atoms with van der Waals surface area (Å²) < 4.78 is 26.0. The van der Waals surface area contributed by atoms with Crippen LogP contribution in [-0.4, -0.2) is 26.7 Å². The fourth-order valence-electron chi connectivity index (χ4n) is 1.20. The largest absolute Gasteiger partial charge is 0.398 e. The Bertz CT molecular complexity index is 479. The number of nitrogens with two attached hydrogens (primary N) is 1. The third kappa shape index (κ3) is 3.57. The second-order valence-corrected chi connectivity index (χ2v) is 5.77. The second-order valence-electron chi connectivity index (χ2n) is 3.59. The van der Waals surface area contributed by atoms with Crippen LogP contribution in [-0.2, 0) is 10.0 Å². The van der Waals surface area contributed by atoms with Crippen molar-refractivity contribution in [3.05, 3.63) is 22.7 Å². The first-order valence-corrected chi connectivity index (χ1v) is 6.90. The Hall–Kier alpha value is -0.820. The van der Waals surface area contributed by atoms with Crippen LogP contribution >= 0.6 is 11.6 Å². The minimum atomic E-state index is -3.62. The maximum Gasteiger partial charge on any atom is 0.240 e. The fraction of sp³-hybridized carbons (Fsp3) is 0.400. The molecular formula is C10H15ClN2O3S. The molecule has 7 heteroatoms. The minimum absolute atomic E-state index is 0.0311. The first-order chi connectivity index (χ1) is 7.88. The number of nitrogen functional groups attached to an aromatic ring is 1. The van der Waals surface area contributed by atoms with Gasteiger partial charge in [0.2, 0.25) is 10.0 Å². The Morgan fingerprint density at radius 3 is 2.65 bits per heavy atom. The number of nitrogens with one attached hydrogen (secondary N) is 1. The standard InChI is InChI=1S/C10H15ClN2O3S/c1-7-9(11)5-8(6-10(7)12)17(15,16)13-3-2-4-14/h5-6,13-14H,2-4,12H2,1H3. The maximum absolute atomic E-state index is 11.8. The van der Waals surface area contributed by atoms with Gasteiger partial charge in [0.05, 0.1) is 4.90 Å². The number of sulfonamides is 1. The zero-order valence-corrected chi connectivity index (χ0v) is 11.0. The Kier molecular flexibility index (Phi) is 4.76. The molecule has 1 aromatic rings. The van der Waals surface area contributed by atoms with Gasteiger partial charge in [0.15, 0.2) is 0 Å². The smallest absolute Gasteiger partial charge is 0.240 e. The van der Waals surface area contributed by atoms with Gasteiger partial charge in [-0.05, 0) is 31.0 Å². The van der Waals surface area contributed by atoms with Gasteiger partial charge in [-0.1, -0.05) is 11.6 Å². The van der Waals surface area contributed by atoms with E-state index in [-0.39, 0.29) is 18.0 Å². The highest BCUT2D eigenvalue weighted by Crippen LogP contribution is 2.25. The summed E-state index contributed by atoms with van der Waals surface area (Å²) in [6, 6.07) is 2.72. The lowest BCUT2D eigenvalue weighted by Crippen LogP contribution is -2.25. The van der Waals surface area contributed by atoms with Gasteiger partial charge >= 0.3 is 0 Å². The van der Waals surface area contributed by atoms with Crippen molar-refractivity contribution in [3.63, 3.8) is 0 Å². The van der Waals surface area contributed by atoms with Crippen molar-refractivity contribution >= 4 is 27.3 Å². The third-order valence-corrected chi connectivity index (χ3v) is 4.13. The van der Waals surface area contributed by atoms with E-state index in [1.807, 2.05) is 0 Å². The molecule has 0 aromatic heterocycles. The predicted octanol–water partition coefficient (Wildman–Crippen LogP) is 0.891. The molecule has 1 rings (SSSR count). The van der Waals surface area contributed by atoms with Crippen LogP contribution in [0.3, 0.4) is 0 Å². The molecule has 0 aliphatic heterocycles. The Morgan fingerprint density at radius 1 is 1.47 bits per heavy atom. The Balaban J connectivity index is 2.99. The molecule has 17 heavy (non-hydrogen) atoms. The monoisotopic (exact) mass is 278 g/mol. The molecule has 0 amide bonds. The van der Waals surface area contributed by atoms with Gasteiger partial charge in [-0.25, -0.2) is 13.1 Å². The first-order valence-electron chi connectivity index (χ1n) is 5.04. The van der Waals surface area contributed by atoms with Crippen molar-refractivity contribution in [2.75, 3.05) is 18.9 Å². The van der Waals surface area contributed by atoms with Gasteiger partial charge in [0, 0.05) is 23.9 Å². The number of aliphatic hydroxyl groups is 1. The number of benzene rings is 1. The van der Waals surface area contributed by atoms with E-state index in [2.05, 4.69) is 4.72 Å². The lowest BCUT2D eigenvalue weighted by Gasteiger charge is -2.09. The molecule has 0 saturated carbocycles. The quantitative estimate of drug-likeness (QED) is 0.551. The van der Waals surface area contributed by atoms with Crippen molar-refractivity contribution < 1.29 is 13.5 Å². The van der Waals surface area contributed by atoms with Crippen molar-refractivity contribution in [2.24, 2.45) is 0 Å². The Labute approximate surface area is 106 Å². The fourth-order valence-corrected chi connectivity index (χ4v) is 2.62. The zero-order valence-electron chi connectivity index (χ0n) is 9.40. The molecule has 0 bridgehead atoms. The molecule has 0 atom stereocenters. The zero-order chi connectivity index (χ0) is 13.1. The molecule has 0 radical (unpaired) electrons. The molecule has 0 unspecified atom stereocenters. The van der Waals surface area contributed by atoms with Crippen LogP contribution in [0.1, 0.15) is 12.0 Å². The average molecular weight is 279 g/mol. The van der Waals surface area contributed by atoms with Gasteiger partial charge in [-0.3, -0.25) is 0 Å². The summed E-state index contributed by atoms with van der Waals surface area (Å²) >= 11 is 5.87. The van der Waals surface area contributed by atoms with Crippen LogP contribution < -0.4 is 10.5 Å². The lowest BCUT2D eigenvalue weighted by atomic mass is 10.2. The highest BCUT2D eigenvalue weighted by atomic mass is 35.5. The molecule has 5 nitrogen and oxygen atoms in total. The number of rotatable bonds is 5. The van der Waals surface area contributed by atoms with Gasteiger partial charge in [-0.2, -0.15) is 0 Å². The topological polar surface area (TPSA) is 92.4 Å². The van der Waals surface area contributed by atoms with E-state index in [9.17, 15) is 8.42 Å². The molecule has 0 heterocycles. The normalized spacial score (nSPS) is 11.7. The molecule has 1 aromatic carbocycles. The van der Waals surface area contributed by atoms with Crippen molar-refractivity contribution in [1.82, 2.24) is 4.72 Å². The first kappa shape index (κ1) is 14.2. The number of halogens is 1. The van der Waals surface area contributed by atoms with Crippen molar-refractivity contribution in [2.45, 2.75) is 18.2 Å². The van der Waals surface area contributed by atoms with Crippen LogP contribution in [0.2, 0.25) is 5.02 Å². The number of anilines is 1. The molecule has 0 saturated heterocycles. The summed E-state index contributed by atoms with van der Waals surface area (Å²) in [6.45, 7) is 1.82. The van der Waals surface area contributed by atoms with Crippen LogP contribution in [0.5, 0.6) is 0 Å². The van der Waals surface area contributed by atoms with E-state index in [4.69, 9.17) is 22.4 Å². The van der Waals surface area contributed by atoms with Crippen molar-refractivity contribution in [3.8, 4) is 0 Å². The number of hydrogen-bond donors (Lipinski definition) is 3. The third-order valence-electron chi connectivity index (χ3n) is 2.30. The van der Waals surface area contributed by atoms with E-state index in [0.717, 1.165) is 0 Å². The molecule has 4 N–H and O–H groups in total. The van der Waals surface area contributed by atoms with Crippen LogP contribution in [0.4, 0.5) is 5.69 Å². The van der Waals surface area contributed by atoms with Crippen LogP contribution in [0, 0.1) is 6.92 Å². The molecule has 0 fully saturated rings. The highest BCUT2D eigenvalue weighted by molar-refractivity contribution is 7.89. The van der Waals surface area contributed by atoms with Gasteiger partial charge in [0.1, 0.15) is 0 Å². The van der Waals surface area contributed by atoms with E-state index < -0.39 is 10.0 Å². The van der Waals surface area contributed by atoms with Crippen molar-refractivity contribution in [1.29, 1.82) is 0 Å². The van der Waals surface area contributed by atoms with E-state index in [1.165, 1.54) is 12.1 Å². The summed E-state index contributed by atoms with van der Waals surface area (Å²) in [5, 5.41) is 8.89. The van der Waals surface area contributed by atoms with Crippen LogP contribution in [0.15, 0.2) is 17.0 Å². The SMILES string of the molecule is Cc1c(N)cc(S(=O)(=O)NCCCO)cc1Cl. The summed E-state index contributed by atoms with van der Waals surface area (Å²) in [5.41, 5.74) is 6.64. The number of hydrogen-bond acceptors (Lipinski definition) is 4. The summed E-state index contributed by atoms with van der Waals surface area (Å²) in [7, 11) is -3.62. The predicted molar refractivity (Wildman–Crippen MR) is 67.5 cm³/mol. The van der Waals surface area contributed by atoms with Gasteiger partial charge in [0.25, 0.3) is 0 Å². The van der Waals surface area contributed by atoms with Crippen LogP contribution in [0.25, 0.3) is 0 Å². The summed E-state index contributed by atoms with van der Waals surface area (Å²) in [6.07, 6.45) is 0.355. The van der Waals surface area contributed by atoms with Gasteiger partial charge < -0.3 is 10.8 Å². The minimum Gasteiger partial charge on any atom is -0.398 e. The maximum atomic E-state index is 11.8. The second kappa shape index (κ2) is 5.68. The Morgan fingerprint density at radius 2 is 2.12 bits per heavy atom. The summed E-state index contributed by atoms with van der Waals surface area (Å²) in [5.74, 6) is 0. The number of aliphatic hydroxyl groups excluding tert-OH is 1. The highest BCUT2D eigenvalue weighted by Gasteiger charge is 2.16. The molecule has 96 valence electrons.